The zero-order valence-electron chi connectivity index (χ0n) is 12.0. The zero-order chi connectivity index (χ0) is 14.5. The van der Waals surface area contributed by atoms with Crippen LogP contribution in [-0.4, -0.2) is 53.6 Å². The van der Waals surface area contributed by atoms with E-state index in [0.29, 0.717) is 37.9 Å². The molecule has 1 fully saturated rings. The monoisotopic (exact) mass is 279 g/mol. The van der Waals surface area contributed by atoms with Crippen LogP contribution in [0.5, 0.6) is 0 Å². The molecule has 1 aromatic heterocycles. The van der Waals surface area contributed by atoms with E-state index in [9.17, 15) is 4.79 Å². The van der Waals surface area contributed by atoms with Crippen LogP contribution in [0.25, 0.3) is 0 Å². The highest BCUT2D eigenvalue weighted by molar-refractivity contribution is 5.73. The molecule has 0 aliphatic carbocycles. The van der Waals surface area contributed by atoms with Crippen molar-refractivity contribution in [3.8, 4) is 0 Å². The number of nitrogens with zero attached hydrogens (tertiary/aromatic N) is 4. The number of hydrogen-bond acceptors (Lipinski definition) is 6. The van der Waals surface area contributed by atoms with Crippen LogP contribution in [0.2, 0.25) is 0 Å². The van der Waals surface area contributed by atoms with E-state index in [1.54, 1.807) is 13.0 Å². The van der Waals surface area contributed by atoms with Crippen molar-refractivity contribution in [1.82, 2.24) is 14.9 Å². The van der Waals surface area contributed by atoms with Crippen molar-refractivity contribution < 1.29 is 9.53 Å². The summed E-state index contributed by atoms with van der Waals surface area (Å²) in [5.41, 5.74) is 5.82. The van der Waals surface area contributed by atoms with E-state index < -0.39 is 0 Å². The predicted octanol–water partition coefficient (Wildman–Crippen LogP) is 0.264. The van der Waals surface area contributed by atoms with E-state index in [0.717, 1.165) is 18.9 Å². The van der Waals surface area contributed by atoms with Gasteiger partial charge < -0.3 is 20.3 Å². The van der Waals surface area contributed by atoms with Crippen LogP contribution in [0.1, 0.15) is 19.7 Å². The van der Waals surface area contributed by atoms with Gasteiger partial charge in [0.15, 0.2) is 5.82 Å². The molecule has 7 heteroatoms. The molecule has 2 rings (SSSR count). The summed E-state index contributed by atoms with van der Waals surface area (Å²) in [7, 11) is 0. The Hall–Kier alpha value is -1.89. The van der Waals surface area contributed by atoms with Crippen molar-refractivity contribution in [2.24, 2.45) is 0 Å². The molecule has 1 aromatic rings. The number of hydrogen-bond donors (Lipinski definition) is 1. The Morgan fingerprint density at radius 1 is 1.35 bits per heavy atom. The van der Waals surface area contributed by atoms with Gasteiger partial charge in [-0.25, -0.2) is 9.97 Å². The lowest BCUT2D eigenvalue weighted by Crippen LogP contribution is -2.48. The Morgan fingerprint density at radius 2 is 2.05 bits per heavy atom. The first-order valence-electron chi connectivity index (χ1n) is 6.81. The number of nitrogens with two attached hydrogens (primary N) is 1. The molecule has 2 heterocycles. The van der Waals surface area contributed by atoms with Gasteiger partial charge in [-0.1, -0.05) is 0 Å². The van der Waals surface area contributed by atoms with Crippen molar-refractivity contribution in [3.63, 3.8) is 0 Å². The van der Waals surface area contributed by atoms with Gasteiger partial charge >= 0.3 is 0 Å². The van der Waals surface area contributed by atoms with E-state index in [2.05, 4.69) is 14.9 Å². The molecule has 0 aromatic carbocycles. The predicted molar refractivity (Wildman–Crippen MR) is 76.2 cm³/mol. The lowest BCUT2D eigenvalue weighted by Gasteiger charge is -2.35. The third kappa shape index (κ3) is 3.57. The molecule has 0 atom stereocenters. The highest BCUT2D eigenvalue weighted by atomic mass is 16.5. The van der Waals surface area contributed by atoms with E-state index >= 15 is 0 Å². The van der Waals surface area contributed by atoms with Crippen LogP contribution in [0, 0.1) is 0 Å². The third-order valence-corrected chi connectivity index (χ3v) is 3.26. The second-order valence-corrected chi connectivity index (χ2v) is 4.70. The minimum atomic E-state index is 0.115. The topological polar surface area (TPSA) is 84.6 Å². The van der Waals surface area contributed by atoms with Gasteiger partial charge in [-0.05, 0) is 6.92 Å². The fourth-order valence-electron chi connectivity index (χ4n) is 2.17. The van der Waals surface area contributed by atoms with Crippen molar-refractivity contribution >= 4 is 17.5 Å². The number of carbonyl (C=O) groups is 1. The van der Waals surface area contributed by atoms with Gasteiger partial charge in [0.1, 0.15) is 18.2 Å². The summed E-state index contributed by atoms with van der Waals surface area (Å²) < 4.78 is 5.31. The summed E-state index contributed by atoms with van der Waals surface area (Å²) in [5.74, 6) is 1.95. The van der Waals surface area contributed by atoms with Crippen molar-refractivity contribution in [1.29, 1.82) is 0 Å². The molecule has 110 valence electrons. The first-order chi connectivity index (χ1) is 9.60. The van der Waals surface area contributed by atoms with Crippen LogP contribution < -0.4 is 10.6 Å². The molecular formula is C13H21N5O2. The Kier molecular flexibility index (Phi) is 4.73. The maximum Gasteiger partial charge on any atom is 0.219 e. The van der Waals surface area contributed by atoms with Crippen LogP contribution in [0.3, 0.4) is 0 Å². The van der Waals surface area contributed by atoms with E-state index in [1.165, 1.54) is 0 Å². The summed E-state index contributed by atoms with van der Waals surface area (Å²) in [5, 5.41) is 0. The Labute approximate surface area is 118 Å². The first-order valence-corrected chi connectivity index (χ1v) is 6.81. The fourth-order valence-corrected chi connectivity index (χ4v) is 2.17. The lowest BCUT2D eigenvalue weighted by molar-refractivity contribution is -0.129. The Balaban J connectivity index is 2.05. The number of carbonyl (C=O) groups excluding carboxylic acids is 1. The van der Waals surface area contributed by atoms with E-state index in [1.807, 2.05) is 11.8 Å². The van der Waals surface area contributed by atoms with Gasteiger partial charge in [0.05, 0.1) is 0 Å². The van der Waals surface area contributed by atoms with E-state index in [-0.39, 0.29) is 5.91 Å². The minimum absolute atomic E-state index is 0.115. The number of ether oxygens (including phenoxy) is 1. The molecule has 0 radical (unpaired) electrons. The Morgan fingerprint density at radius 3 is 2.65 bits per heavy atom. The van der Waals surface area contributed by atoms with Gasteiger partial charge in [-0.3, -0.25) is 4.79 Å². The molecule has 1 amide bonds. The highest BCUT2D eigenvalue weighted by Crippen LogP contribution is 2.16. The summed E-state index contributed by atoms with van der Waals surface area (Å²) in [4.78, 5) is 23.9. The summed E-state index contributed by atoms with van der Waals surface area (Å²) in [6.45, 7) is 7.42. The summed E-state index contributed by atoms with van der Waals surface area (Å²) >= 11 is 0. The van der Waals surface area contributed by atoms with Gasteiger partial charge in [-0.2, -0.15) is 0 Å². The minimum Gasteiger partial charge on any atom is -0.384 e. The van der Waals surface area contributed by atoms with Crippen LogP contribution >= 0.6 is 0 Å². The number of piperazine rings is 1. The lowest BCUT2D eigenvalue weighted by atomic mass is 10.3. The maximum absolute atomic E-state index is 11.3. The molecule has 1 saturated heterocycles. The standard InChI is InChI=1S/C13H21N5O2/c1-3-20-9-12-15-11(14)8-13(16-12)18-6-4-17(5-7-18)10(2)19/h8H,3-7,9H2,1-2H3,(H2,14,15,16). The molecule has 0 spiro atoms. The maximum atomic E-state index is 11.3. The van der Waals surface area contributed by atoms with Crippen LogP contribution in [0.4, 0.5) is 11.6 Å². The summed E-state index contributed by atoms with van der Waals surface area (Å²) in [6.07, 6.45) is 0. The van der Waals surface area contributed by atoms with Gasteiger partial charge in [0.25, 0.3) is 0 Å². The number of nitrogen functional groups attached to an aromatic ring is 1. The fraction of sp³-hybridized carbons (Fsp3) is 0.615. The molecule has 20 heavy (non-hydrogen) atoms. The number of anilines is 2. The average Bonchev–Trinajstić information content (AvgIpc) is 2.44. The average molecular weight is 279 g/mol. The first kappa shape index (κ1) is 14.5. The number of amides is 1. The molecule has 0 saturated carbocycles. The Bertz CT molecular complexity index is 472. The molecule has 0 unspecified atom stereocenters. The van der Waals surface area contributed by atoms with Gasteiger partial charge in [-0.15, -0.1) is 0 Å². The number of aromatic nitrogens is 2. The smallest absolute Gasteiger partial charge is 0.219 e. The molecule has 2 N–H and O–H groups in total. The van der Waals surface area contributed by atoms with Gasteiger partial charge in [0, 0.05) is 45.8 Å². The number of rotatable bonds is 4. The highest BCUT2D eigenvalue weighted by Gasteiger charge is 2.20. The van der Waals surface area contributed by atoms with E-state index in [4.69, 9.17) is 10.5 Å². The normalized spacial score (nSPS) is 15.5. The van der Waals surface area contributed by atoms with Crippen molar-refractivity contribution in [2.75, 3.05) is 43.4 Å². The molecule has 7 nitrogen and oxygen atoms in total. The second-order valence-electron chi connectivity index (χ2n) is 4.70. The molecular weight excluding hydrogens is 258 g/mol. The van der Waals surface area contributed by atoms with Crippen molar-refractivity contribution in [3.05, 3.63) is 11.9 Å². The largest absolute Gasteiger partial charge is 0.384 e. The van der Waals surface area contributed by atoms with Crippen molar-refractivity contribution in [2.45, 2.75) is 20.5 Å². The summed E-state index contributed by atoms with van der Waals surface area (Å²) in [6, 6.07) is 1.76. The SMILES string of the molecule is CCOCc1nc(N)cc(N2CCN(C(C)=O)CC2)n1. The third-order valence-electron chi connectivity index (χ3n) is 3.26. The molecule has 1 aliphatic heterocycles. The molecule has 1 aliphatic rings. The zero-order valence-corrected chi connectivity index (χ0v) is 12.0. The quantitative estimate of drug-likeness (QED) is 0.851. The van der Waals surface area contributed by atoms with Crippen LogP contribution in [0.15, 0.2) is 6.07 Å². The second kappa shape index (κ2) is 6.51. The van der Waals surface area contributed by atoms with Gasteiger partial charge in [0.2, 0.25) is 5.91 Å². The van der Waals surface area contributed by atoms with Crippen LogP contribution in [-0.2, 0) is 16.1 Å². The molecule has 0 bridgehead atoms.